The van der Waals surface area contributed by atoms with Gasteiger partial charge in [-0.05, 0) is 49.8 Å². The fourth-order valence-electron chi connectivity index (χ4n) is 4.71. The van der Waals surface area contributed by atoms with Crippen LogP contribution in [0.3, 0.4) is 0 Å². The molecule has 2 aliphatic heterocycles. The van der Waals surface area contributed by atoms with Crippen molar-refractivity contribution in [3.8, 4) is 0 Å². The Kier molecular flexibility index (Phi) is 7.05. The molecular formula is C24H36N6. The van der Waals surface area contributed by atoms with Crippen LogP contribution in [0, 0.1) is 5.92 Å². The van der Waals surface area contributed by atoms with Crippen molar-refractivity contribution in [2.75, 3.05) is 45.8 Å². The van der Waals surface area contributed by atoms with Gasteiger partial charge < -0.3 is 15.1 Å². The second-order valence-corrected chi connectivity index (χ2v) is 8.76. The van der Waals surface area contributed by atoms with Crippen LogP contribution in [0.5, 0.6) is 0 Å². The number of nitrogens with one attached hydrogen (secondary N) is 1. The zero-order chi connectivity index (χ0) is 20.8. The number of nitrogens with zero attached hydrogens (tertiary/aromatic N) is 5. The van der Waals surface area contributed by atoms with Crippen molar-refractivity contribution < 1.29 is 0 Å². The third kappa shape index (κ3) is 5.42. The number of rotatable bonds is 7. The van der Waals surface area contributed by atoms with Gasteiger partial charge in [0.05, 0.1) is 6.20 Å². The van der Waals surface area contributed by atoms with Crippen molar-refractivity contribution in [1.82, 2.24) is 24.9 Å². The molecule has 4 rings (SSSR count). The van der Waals surface area contributed by atoms with E-state index in [1.807, 2.05) is 17.9 Å². The Balaban J connectivity index is 1.27. The molecule has 2 atom stereocenters. The molecule has 0 spiro atoms. The van der Waals surface area contributed by atoms with Crippen LogP contribution in [0.4, 0.5) is 0 Å². The molecule has 2 unspecified atom stereocenters. The summed E-state index contributed by atoms with van der Waals surface area (Å²) in [5, 5.41) is 7.87. The smallest absolute Gasteiger partial charge is 0.193 e. The van der Waals surface area contributed by atoms with Crippen molar-refractivity contribution in [1.29, 1.82) is 0 Å². The van der Waals surface area contributed by atoms with E-state index in [0.29, 0.717) is 11.8 Å². The standard InChI is InChI=1S/C24H36N6/c1-3-25-24(30-14-11-22(19-30)23-16-27-28(2)18-23)26-15-21-10-13-29(17-21)12-9-20-7-5-4-6-8-20/h4-8,16,18,21-22H,3,9-15,17,19H2,1-2H3,(H,25,26). The second-order valence-electron chi connectivity index (χ2n) is 8.76. The molecule has 6 nitrogen and oxygen atoms in total. The molecule has 2 aromatic rings. The Labute approximate surface area is 181 Å². The van der Waals surface area contributed by atoms with Gasteiger partial charge in [-0.15, -0.1) is 0 Å². The SMILES string of the molecule is CCNC(=NCC1CCN(CCc2ccccc2)C1)N1CCC(c2cnn(C)c2)C1. The lowest BCUT2D eigenvalue weighted by atomic mass is 10.0. The highest BCUT2D eigenvalue weighted by Crippen LogP contribution is 2.27. The van der Waals surface area contributed by atoms with Gasteiger partial charge in [-0.3, -0.25) is 9.67 Å². The Hall–Kier alpha value is -2.34. The van der Waals surface area contributed by atoms with Gasteiger partial charge in [0.2, 0.25) is 0 Å². The molecule has 1 aromatic carbocycles. The van der Waals surface area contributed by atoms with E-state index < -0.39 is 0 Å². The van der Waals surface area contributed by atoms with Crippen LogP contribution < -0.4 is 5.32 Å². The Morgan fingerprint density at radius 1 is 1.17 bits per heavy atom. The van der Waals surface area contributed by atoms with E-state index in [1.165, 1.54) is 37.1 Å². The summed E-state index contributed by atoms with van der Waals surface area (Å²) < 4.78 is 1.90. The predicted molar refractivity (Wildman–Crippen MR) is 123 cm³/mol. The van der Waals surface area contributed by atoms with E-state index in [4.69, 9.17) is 4.99 Å². The summed E-state index contributed by atoms with van der Waals surface area (Å²) in [5.74, 6) is 2.32. The average Bonchev–Trinajstić information content (AvgIpc) is 3.51. The summed E-state index contributed by atoms with van der Waals surface area (Å²) in [6, 6.07) is 10.8. The first-order valence-electron chi connectivity index (χ1n) is 11.5. The number of benzene rings is 1. The first-order valence-corrected chi connectivity index (χ1v) is 11.5. The van der Waals surface area contributed by atoms with E-state index in [9.17, 15) is 0 Å². The molecule has 162 valence electrons. The van der Waals surface area contributed by atoms with Crippen LogP contribution in [0.25, 0.3) is 0 Å². The van der Waals surface area contributed by atoms with E-state index in [0.717, 1.165) is 45.1 Å². The fraction of sp³-hybridized carbons (Fsp3) is 0.583. The highest BCUT2D eigenvalue weighted by Gasteiger charge is 2.28. The van der Waals surface area contributed by atoms with E-state index in [1.54, 1.807) is 0 Å². The number of aromatic nitrogens is 2. The van der Waals surface area contributed by atoms with Crippen LogP contribution in [0.15, 0.2) is 47.7 Å². The minimum atomic E-state index is 0.558. The van der Waals surface area contributed by atoms with Gasteiger partial charge >= 0.3 is 0 Å². The maximum absolute atomic E-state index is 5.05. The summed E-state index contributed by atoms with van der Waals surface area (Å²) in [6.45, 7) is 9.64. The lowest BCUT2D eigenvalue weighted by Crippen LogP contribution is -2.40. The molecule has 0 bridgehead atoms. The predicted octanol–water partition coefficient (Wildman–Crippen LogP) is 2.74. The number of guanidine groups is 1. The zero-order valence-electron chi connectivity index (χ0n) is 18.5. The number of aliphatic imine (C=N–C) groups is 1. The molecule has 1 N–H and O–H groups in total. The van der Waals surface area contributed by atoms with Gasteiger partial charge in [-0.25, -0.2) is 0 Å². The van der Waals surface area contributed by atoms with Gasteiger partial charge in [-0.2, -0.15) is 5.10 Å². The normalized spacial score (nSPS) is 22.7. The second kappa shape index (κ2) is 10.1. The summed E-state index contributed by atoms with van der Waals surface area (Å²) >= 11 is 0. The van der Waals surface area contributed by atoms with Crippen LogP contribution >= 0.6 is 0 Å². The number of hydrogen-bond acceptors (Lipinski definition) is 3. The molecule has 0 radical (unpaired) electrons. The lowest BCUT2D eigenvalue weighted by molar-refractivity contribution is 0.329. The van der Waals surface area contributed by atoms with Gasteiger partial charge in [-0.1, -0.05) is 30.3 Å². The minimum Gasteiger partial charge on any atom is -0.357 e. The summed E-state index contributed by atoms with van der Waals surface area (Å²) in [6.07, 6.45) is 7.74. The molecule has 1 aromatic heterocycles. The minimum absolute atomic E-state index is 0.558. The van der Waals surface area contributed by atoms with Crippen LogP contribution in [-0.2, 0) is 13.5 Å². The Morgan fingerprint density at radius 3 is 2.80 bits per heavy atom. The van der Waals surface area contributed by atoms with Crippen LogP contribution in [0.2, 0.25) is 0 Å². The van der Waals surface area contributed by atoms with Gasteiger partial charge in [0.1, 0.15) is 0 Å². The molecule has 2 saturated heterocycles. The molecule has 2 fully saturated rings. The molecular weight excluding hydrogens is 372 g/mol. The molecule has 2 aliphatic rings. The van der Waals surface area contributed by atoms with Crippen molar-refractivity contribution in [3.63, 3.8) is 0 Å². The van der Waals surface area contributed by atoms with Gasteiger partial charge in [0.25, 0.3) is 0 Å². The maximum atomic E-state index is 5.05. The first-order chi connectivity index (χ1) is 14.7. The first kappa shape index (κ1) is 20.9. The summed E-state index contributed by atoms with van der Waals surface area (Å²) in [7, 11) is 1.99. The van der Waals surface area contributed by atoms with Crippen molar-refractivity contribution in [2.24, 2.45) is 18.0 Å². The number of likely N-dealkylation sites (tertiary alicyclic amines) is 2. The largest absolute Gasteiger partial charge is 0.357 e. The fourth-order valence-corrected chi connectivity index (χ4v) is 4.71. The van der Waals surface area contributed by atoms with Crippen LogP contribution in [-0.4, -0.2) is 71.4 Å². The van der Waals surface area contributed by atoms with E-state index in [2.05, 4.69) is 63.7 Å². The third-order valence-corrected chi connectivity index (χ3v) is 6.45. The lowest BCUT2D eigenvalue weighted by Gasteiger charge is -2.22. The Morgan fingerprint density at radius 2 is 2.03 bits per heavy atom. The van der Waals surface area contributed by atoms with Crippen molar-refractivity contribution in [3.05, 3.63) is 53.9 Å². The van der Waals surface area contributed by atoms with E-state index >= 15 is 0 Å². The topological polar surface area (TPSA) is 48.7 Å². The molecule has 0 aliphatic carbocycles. The van der Waals surface area contributed by atoms with Crippen LogP contribution in [0.1, 0.15) is 36.8 Å². The monoisotopic (exact) mass is 408 g/mol. The zero-order valence-corrected chi connectivity index (χ0v) is 18.5. The van der Waals surface area contributed by atoms with E-state index in [-0.39, 0.29) is 0 Å². The summed E-state index contributed by atoms with van der Waals surface area (Å²) in [5.41, 5.74) is 2.78. The molecule has 0 amide bonds. The maximum Gasteiger partial charge on any atom is 0.193 e. The number of hydrogen-bond donors (Lipinski definition) is 1. The Bertz CT molecular complexity index is 814. The number of aryl methyl sites for hydroxylation is 1. The molecule has 30 heavy (non-hydrogen) atoms. The van der Waals surface area contributed by atoms with Crippen molar-refractivity contribution in [2.45, 2.75) is 32.1 Å². The molecule has 0 saturated carbocycles. The highest BCUT2D eigenvalue weighted by molar-refractivity contribution is 5.80. The highest BCUT2D eigenvalue weighted by atomic mass is 15.3. The van der Waals surface area contributed by atoms with Crippen molar-refractivity contribution >= 4 is 5.96 Å². The third-order valence-electron chi connectivity index (χ3n) is 6.45. The van der Waals surface area contributed by atoms with Gasteiger partial charge in [0.15, 0.2) is 5.96 Å². The van der Waals surface area contributed by atoms with Gasteiger partial charge in [0, 0.05) is 58.4 Å². The summed E-state index contributed by atoms with van der Waals surface area (Å²) in [4.78, 5) is 10.1. The average molecular weight is 409 g/mol. The quantitative estimate of drug-likeness (QED) is 0.565. The molecule has 6 heteroatoms. The molecule has 3 heterocycles.